The van der Waals surface area contributed by atoms with Crippen LogP contribution in [0.15, 0.2) is 28.8 Å². The molecular formula is C17H20N2O4. The van der Waals surface area contributed by atoms with Crippen LogP contribution in [0.3, 0.4) is 0 Å². The molecule has 23 heavy (non-hydrogen) atoms. The summed E-state index contributed by atoms with van der Waals surface area (Å²) in [5.41, 5.74) is 3.34. The molecule has 0 saturated carbocycles. The number of aromatic nitrogens is 1. The summed E-state index contributed by atoms with van der Waals surface area (Å²) in [7, 11) is 0. The van der Waals surface area contributed by atoms with Crippen LogP contribution in [0.5, 0.6) is 0 Å². The lowest BCUT2D eigenvalue weighted by molar-refractivity contribution is -0.147. The Morgan fingerprint density at radius 1 is 1.22 bits per heavy atom. The van der Waals surface area contributed by atoms with Crippen LogP contribution in [-0.4, -0.2) is 23.6 Å². The number of amides is 1. The summed E-state index contributed by atoms with van der Waals surface area (Å²) >= 11 is 0. The van der Waals surface area contributed by atoms with Crippen molar-refractivity contribution in [2.75, 3.05) is 11.9 Å². The molecule has 0 unspecified atom stereocenters. The molecule has 1 amide bonds. The maximum Gasteiger partial charge on any atom is 0.306 e. The third-order valence-electron chi connectivity index (χ3n) is 3.54. The first kappa shape index (κ1) is 16.7. The van der Waals surface area contributed by atoms with Crippen molar-refractivity contribution >= 4 is 17.6 Å². The van der Waals surface area contributed by atoms with E-state index in [1.54, 1.807) is 13.0 Å². The standard InChI is InChI=1S/C17H20N2O4/c1-11-6-4-5-7-15(11)18-16(20)10-22-17(21)9-8-14-12(2)19-23-13(14)3/h4-7H,8-10H2,1-3H3,(H,18,20). The van der Waals surface area contributed by atoms with Gasteiger partial charge in [-0.2, -0.15) is 0 Å². The highest BCUT2D eigenvalue weighted by Crippen LogP contribution is 2.15. The smallest absolute Gasteiger partial charge is 0.306 e. The van der Waals surface area contributed by atoms with Crippen molar-refractivity contribution < 1.29 is 18.8 Å². The van der Waals surface area contributed by atoms with Crippen molar-refractivity contribution in [2.45, 2.75) is 33.6 Å². The molecule has 1 N–H and O–H groups in total. The van der Waals surface area contributed by atoms with Gasteiger partial charge in [0.05, 0.1) is 5.69 Å². The Hall–Kier alpha value is -2.63. The molecule has 1 aromatic carbocycles. The van der Waals surface area contributed by atoms with E-state index in [0.29, 0.717) is 17.9 Å². The van der Waals surface area contributed by atoms with E-state index in [9.17, 15) is 9.59 Å². The van der Waals surface area contributed by atoms with E-state index in [1.807, 2.05) is 32.0 Å². The summed E-state index contributed by atoms with van der Waals surface area (Å²) in [6, 6.07) is 7.41. The second-order valence-corrected chi connectivity index (χ2v) is 5.33. The summed E-state index contributed by atoms with van der Waals surface area (Å²) in [5.74, 6) is -0.0810. The zero-order valence-corrected chi connectivity index (χ0v) is 13.5. The van der Waals surface area contributed by atoms with Gasteiger partial charge in [-0.25, -0.2) is 0 Å². The molecule has 0 aliphatic heterocycles. The molecule has 0 spiro atoms. The topological polar surface area (TPSA) is 81.4 Å². The van der Waals surface area contributed by atoms with Gasteiger partial charge in [0.25, 0.3) is 5.91 Å². The molecule has 2 rings (SSSR count). The summed E-state index contributed by atoms with van der Waals surface area (Å²) in [6.45, 7) is 5.23. The van der Waals surface area contributed by atoms with Crippen molar-refractivity contribution in [3.05, 3.63) is 46.8 Å². The van der Waals surface area contributed by atoms with Gasteiger partial charge in [-0.3, -0.25) is 9.59 Å². The van der Waals surface area contributed by atoms with Gasteiger partial charge in [0, 0.05) is 17.7 Å². The predicted molar refractivity (Wildman–Crippen MR) is 85.1 cm³/mol. The Labute approximate surface area is 134 Å². The van der Waals surface area contributed by atoms with Crippen LogP contribution in [-0.2, 0) is 20.7 Å². The number of benzene rings is 1. The minimum absolute atomic E-state index is 0.181. The number of ether oxygens (including phenoxy) is 1. The van der Waals surface area contributed by atoms with E-state index in [4.69, 9.17) is 9.26 Å². The number of nitrogens with zero attached hydrogens (tertiary/aromatic N) is 1. The summed E-state index contributed by atoms with van der Waals surface area (Å²) in [5, 5.41) is 6.54. The minimum atomic E-state index is -0.426. The third kappa shape index (κ3) is 4.67. The number of nitrogens with one attached hydrogen (secondary N) is 1. The first-order valence-corrected chi connectivity index (χ1v) is 7.40. The van der Waals surface area contributed by atoms with Crippen LogP contribution in [0.25, 0.3) is 0 Å². The number of hydrogen-bond acceptors (Lipinski definition) is 5. The normalized spacial score (nSPS) is 10.4. The lowest BCUT2D eigenvalue weighted by Gasteiger charge is -2.08. The molecule has 6 nitrogen and oxygen atoms in total. The second-order valence-electron chi connectivity index (χ2n) is 5.33. The molecule has 0 radical (unpaired) electrons. The molecule has 122 valence electrons. The van der Waals surface area contributed by atoms with Crippen LogP contribution >= 0.6 is 0 Å². The van der Waals surface area contributed by atoms with Crippen molar-refractivity contribution in [3.63, 3.8) is 0 Å². The highest BCUT2D eigenvalue weighted by atomic mass is 16.5. The quantitative estimate of drug-likeness (QED) is 0.829. The van der Waals surface area contributed by atoms with E-state index < -0.39 is 5.97 Å². The molecule has 1 aromatic heterocycles. The van der Waals surface area contributed by atoms with E-state index >= 15 is 0 Å². The number of para-hydroxylation sites is 1. The lowest BCUT2D eigenvalue weighted by atomic mass is 10.1. The minimum Gasteiger partial charge on any atom is -0.456 e. The summed E-state index contributed by atoms with van der Waals surface area (Å²) in [4.78, 5) is 23.5. The Balaban J connectivity index is 1.76. The molecular weight excluding hydrogens is 296 g/mol. The highest BCUT2D eigenvalue weighted by Gasteiger charge is 2.13. The number of rotatable bonds is 6. The maximum atomic E-state index is 11.8. The molecule has 1 heterocycles. The van der Waals surface area contributed by atoms with Gasteiger partial charge < -0.3 is 14.6 Å². The molecule has 0 atom stereocenters. The Morgan fingerprint density at radius 2 is 1.96 bits per heavy atom. The second kappa shape index (κ2) is 7.58. The first-order chi connectivity index (χ1) is 11.0. The van der Waals surface area contributed by atoms with Crippen molar-refractivity contribution in [2.24, 2.45) is 0 Å². The average molecular weight is 316 g/mol. The summed E-state index contributed by atoms with van der Waals surface area (Å²) < 4.78 is 10.0. The Morgan fingerprint density at radius 3 is 2.61 bits per heavy atom. The third-order valence-corrected chi connectivity index (χ3v) is 3.54. The Kier molecular flexibility index (Phi) is 5.51. The number of carbonyl (C=O) groups excluding carboxylic acids is 2. The van der Waals surface area contributed by atoms with E-state index in [0.717, 1.165) is 16.8 Å². The molecule has 0 saturated heterocycles. The lowest BCUT2D eigenvalue weighted by Crippen LogP contribution is -2.21. The summed E-state index contributed by atoms with van der Waals surface area (Å²) in [6.07, 6.45) is 0.667. The zero-order chi connectivity index (χ0) is 16.8. The molecule has 6 heteroatoms. The van der Waals surface area contributed by atoms with Crippen LogP contribution in [0.2, 0.25) is 0 Å². The van der Waals surface area contributed by atoms with Gasteiger partial charge in [0.1, 0.15) is 5.76 Å². The van der Waals surface area contributed by atoms with Gasteiger partial charge in [0.2, 0.25) is 0 Å². The zero-order valence-electron chi connectivity index (χ0n) is 13.5. The number of hydrogen-bond donors (Lipinski definition) is 1. The van der Waals surface area contributed by atoms with Crippen molar-refractivity contribution in [1.82, 2.24) is 5.16 Å². The van der Waals surface area contributed by atoms with E-state index in [1.165, 1.54) is 0 Å². The number of anilines is 1. The SMILES string of the molecule is Cc1ccccc1NC(=O)COC(=O)CCc1c(C)noc1C. The van der Waals surface area contributed by atoms with Crippen molar-refractivity contribution in [1.29, 1.82) is 0 Å². The van der Waals surface area contributed by atoms with Gasteiger partial charge in [-0.05, 0) is 38.8 Å². The number of esters is 1. The molecule has 0 aliphatic rings. The molecule has 2 aromatic rings. The monoisotopic (exact) mass is 316 g/mol. The van der Waals surface area contributed by atoms with E-state index in [2.05, 4.69) is 10.5 Å². The fourth-order valence-corrected chi connectivity index (χ4v) is 2.20. The number of carbonyl (C=O) groups is 2. The molecule has 0 aliphatic carbocycles. The Bertz CT molecular complexity index is 687. The van der Waals surface area contributed by atoms with Crippen LogP contribution in [0.4, 0.5) is 5.69 Å². The van der Waals surface area contributed by atoms with Crippen LogP contribution in [0, 0.1) is 20.8 Å². The average Bonchev–Trinajstić information content (AvgIpc) is 2.84. The molecule has 0 bridgehead atoms. The maximum absolute atomic E-state index is 11.8. The van der Waals surface area contributed by atoms with Crippen molar-refractivity contribution in [3.8, 4) is 0 Å². The van der Waals surface area contributed by atoms with Gasteiger partial charge in [-0.15, -0.1) is 0 Å². The van der Waals surface area contributed by atoms with Crippen LogP contribution in [0.1, 0.15) is 29.0 Å². The fourth-order valence-electron chi connectivity index (χ4n) is 2.20. The first-order valence-electron chi connectivity index (χ1n) is 7.40. The largest absolute Gasteiger partial charge is 0.456 e. The van der Waals surface area contributed by atoms with Gasteiger partial charge >= 0.3 is 5.97 Å². The van der Waals surface area contributed by atoms with E-state index in [-0.39, 0.29) is 18.9 Å². The predicted octanol–water partition coefficient (Wildman–Crippen LogP) is 2.71. The highest BCUT2D eigenvalue weighted by molar-refractivity contribution is 5.93. The van der Waals surface area contributed by atoms with Gasteiger partial charge in [0.15, 0.2) is 6.61 Å². The van der Waals surface area contributed by atoms with Gasteiger partial charge in [-0.1, -0.05) is 23.4 Å². The molecule has 0 fully saturated rings. The fraction of sp³-hybridized carbons (Fsp3) is 0.353. The number of aryl methyl sites for hydroxylation is 3. The van der Waals surface area contributed by atoms with Crippen LogP contribution < -0.4 is 5.32 Å².